The second-order valence-electron chi connectivity index (χ2n) is 6.38. The molecule has 0 radical (unpaired) electrons. The Morgan fingerprint density at radius 1 is 1.32 bits per heavy atom. The molecule has 130 valence electrons. The van der Waals surface area contributed by atoms with E-state index in [2.05, 4.69) is 15.4 Å². The topological polar surface area (TPSA) is 80.0 Å². The number of nitrogens with zero attached hydrogens (tertiary/aromatic N) is 3. The minimum absolute atomic E-state index is 0.0343. The van der Waals surface area contributed by atoms with E-state index >= 15 is 0 Å². The first kappa shape index (κ1) is 17.0. The van der Waals surface area contributed by atoms with Crippen molar-refractivity contribution in [2.75, 3.05) is 0 Å². The fraction of sp³-hybridized carbons (Fsp3) is 0.316. The molecule has 2 heterocycles. The molecule has 0 unspecified atom stereocenters. The summed E-state index contributed by atoms with van der Waals surface area (Å²) in [6.07, 6.45) is 3.24. The molecule has 3 rings (SSSR count). The van der Waals surface area contributed by atoms with Gasteiger partial charge in [0, 0.05) is 24.7 Å². The molecule has 0 bridgehead atoms. The monoisotopic (exact) mass is 338 g/mol. The van der Waals surface area contributed by atoms with E-state index in [1.165, 1.54) is 0 Å². The number of phenols is 1. The van der Waals surface area contributed by atoms with Gasteiger partial charge >= 0.3 is 0 Å². The van der Waals surface area contributed by atoms with Gasteiger partial charge in [0.05, 0.1) is 11.3 Å². The number of carbonyl (C=O) groups excluding carboxylic acids is 1. The molecule has 1 amide bonds. The Bertz CT molecular complexity index is 900. The van der Waals surface area contributed by atoms with E-state index in [-0.39, 0.29) is 17.7 Å². The molecule has 0 spiro atoms. The number of fused-ring (bicyclic) bond motifs is 1. The summed E-state index contributed by atoms with van der Waals surface area (Å²) in [5.41, 5.74) is 3.31. The van der Waals surface area contributed by atoms with Crippen molar-refractivity contribution in [2.24, 2.45) is 7.05 Å². The van der Waals surface area contributed by atoms with Crippen LogP contribution in [-0.2, 0) is 13.5 Å². The zero-order valence-electron chi connectivity index (χ0n) is 14.7. The summed E-state index contributed by atoms with van der Waals surface area (Å²) in [5, 5.41) is 17.5. The van der Waals surface area contributed by atoms with Gasteiger partial charge in [0.1, 0.15) is 5.75 Å². The molecule has 0 fully saturated rings. The number of aryl methyl sites for hydroxylation is 3. The Morgan fingerprint density at radius 2 is 2.04 bits per heavy atom. The molecule has 0 saturated heterocycles. The maximum atomic E-state index is 12.5. The summed E-state index contributed by atoms with van der Waals surface area (Å²) in [5.74, 6) is 0.134. The normalized spacial score (nSPS) is 12.3. The predicted octanol–water partition coefficient (Wildman–Crippen LogP) is 2.73. The fourth-order valence-corrected chi connectivity index (χ4v) is 2.86. The number of aromatic hydroxyl groups is 1. The molecule has 0 aliphatic carbocycles. The van der Waals surface area contributed by atoms with E-state index in [1.807, 2.05) is 39.1 Å². The Balaban J connectivity index is 1.63. The van der Waals surface area contributed by atoms with Crippen LogP contribution in [0.4, 0.5) is 0 Å². The Morgan fingerprint density at radius 3 is 2.76 bits per heavy atom. The quantitative estimate of drug-likeness (QED) is 0.749. The van der Waals surface area contributed by atoms with Gasteiger partial charge in [0.2, 0.25) is 0 Å². The lowest BCUT2D eigenvalue weighted by Crippen LogP contribution is -2.33. The number of nitrogens with one attached hydrogen (secondary N) is 1. The van der Waals surface area contributed by atoms with Crippen LogP contribution < -0.4 is 5.32 Å². The lowest BCUT2D eigenvalue weighted by Gasteiger charge is -2.14. The number of hydrogen-bond donors (Lipinski definition) is 2. The van der Waals surface area contributed by atoms with Crippen LogP contribution in [0.5, 0.6) is 5.75 Å². The highest BCUT2D eigenvalue weighted by molar-refractivity contribution is 5.97. The lowest BCUT2D eigenvalue weighted by atomic mass is 10.1. The van der Waals surface area contributed by atoms with E-state index in [1.54, 1.807) is 23.0 Å². The van der Waals surface area contributed by atoms with Crippen molar-refractivity contribution in [3.63, 3.8) is 0 Å². The number of pyridine rings is 1. The van der Waals surface area contributed by atoms with Crippen LogP contribution in [0.1, 0.15) is 35.0 Å². The average Bonchev–Trinajstić information content (AvgIpc) is 2.88. The first-order chi connectivity index (χ1) is 11.9. The zero-order chi connectivity index (χ0) is 18.0. The van der Waals surface area contributed by atoms with Gasteiger partial charge in [-0.15, -0.1) is 0 Å². The molecule has 3 aromatic rings. The number of carbonyl (C=O) groups is 1. The lowest BCUT2D eigenvalue weighted by molar-refractivity contribution is 0.0938. The molecule has 0 saturated carbocycles. The average molecular weight is 338 g/mol. The van der Waals surface area contributed by atoms with Gasteiger partial charge in [-0.2, -0.15) is 5.10 Å². The van der Waals surface area contributed by atoms with Crippen LogP contribution >= 0.6 is 0 Å². The second kappa shape index (κ2) is 6.93. The van der Waals surface area contributed by atoms with Crippen molar-refractivity contribution < 1.29 is 9.90 Å². The Labute approximate surface area is 146 Å². The maximum Gasteiger partial charge on any atom is 0.253 e. The molecule has 2 aromatic heterocycles. The molecule has 1 aromatic carbocycles. The van der Waals surface area contributed by atoms with Gasteiger partial charge in [-0.25, -0.2) is 4.98 Å². The van der Waals surface area contributed by atoms with E-state index in [0.29, 0.717) is 5.56 Å². The number of hydrogen-bond acceptors (Lipinski definition) is 4. The highest BCUT2D eigenvalue weighted by atomic mass is 16.3. The van der Waals surface area contributed by atoms with Crippen molar-refractivity contribution >= 4 is 16.9 Å². The molecule has 2 N–H and O–H groups in total. The van der Waals surface area contributed by atoms with Crippen LogP contribution in [0.25, 0.3) is 11.0 Å². The number of phenolic OH excluding ortho intramolecular Hbond substituents is 1. The van der Waals surface area contributed by atoms with E-state index in [9.17, 15) is 9.90 Å². The van der Waals surface area contributed by atoms with Crippen LogP contribution in [-0.4, -0.2) is 31.8 Å². The minimum Gasteiger partial charge on any atom is -0.508 e. The molecule has 0 aliphatic heterocycles. The smallest absolute Gasteiger partial charge is 0.253 e. The fourth-order valence-electron chi connectivity index (χ4n) is 2.86. The van der Waals surface area contributed by atoms with Crippen molar-refractivity contribution in [1.82, 2.24) is 20.1 Å². The minimum atomic E-state index is -0.129. The third kappa shape index (κ3) is 3.79. The largest absolute Gasteiger partial charge is 0.508 e. The summed E-state index contributed by atoms with van der Waals surface area (Å²) in [6.45, 7) is 3.89. The van der Waals surface area contributed by atoms with Crippen LogP contribution in [0.2, 0.25) is 0 Å². The van der Waals surface area contributed by atoms with Gasteiger partial charge in [-0.3, -0.25) is 9.48 Å². The summed E-state index contributed by atoms with van der Waals surface area (Å²) >= 11 is 0. The summed E-state index contributed by atoms with van der Waals surface area (Å²) < 4.78 is 1.71. The summed E-state index contributed by atoms with van der Waals surface area (Å²) in [4.78, 5) is 16.8. The Kier molecular flexibility index (Phi) is 4.70. The number of aromatic nitrogens is 3. The molecule has 6 nitrogen and oxygen atoms in total. The summed E-state index contributed by atoms with van der Waals surface area (Å²) in [6, 6.07) is 9.02. The molecule has 1 atom stereocenters. The molecular weight excluding hydrogens is 316 g/mol. The van der Waals surface area contributed by atoms with Gasteiger partial charge in [-0.05, 0) is 50.5 Å². The standard InChI is InChI=1S/C19H22N4O2/c1-12(4-5-14-6-8-16(24)9-7-14)21-19(25)15-10-17-13(2)22-23(3)18(17)20-11-15/h6-12,24H,4-5H2,1-3H3,(H,21,25)/t12-/m0/s1. The predicted molar refractivity (Wildman–Crippen MR) is 96.6 cm³/mol. The van der Waals surface area contributed by atoms with Gasteiger partial charge in [0.25, 0.3) is 5.91 Å². The highest BCUT2D eigenvalue weighted by Gasteiger charge is 2.13. The maximum absolute atomic E-state index is 12.5. The molecular formula is C19H22N4O2. The van der Waals surface area contributed by atoms with E-state index < -0.39 is 0 Å². The highest BCUT2D eigenvalue weighted by Crippen LogP contribution is 2.17. The summed E-state index contributed by atoms with van der Waals surface area (Å²) in [7, 11) is 1.84. The van der Waals surface area contributed by atoms with Crippen molar-refractivity contribution in [3.8, 4) is 5.75 Å². The van der Waals surface area contributed by atoms with Crippen LogP contribution in [0, 0.1) is 6.92 Å². The van der Waals surface area contributed by atoms with Gasteiger partial charge in [-0.1, -0.05) is 12.1 Å². The van der Waals surface area contributed by atoms with E-state index in [0.717, 1.165) is 35.1 Å². The number of benzene rings is 1. The second-order valence-corrected chi connectivity index (χ2v) is 6.38. The Hall–Kier alpha value is -2.89. The van der Waals surface area contributed by atoms with E-state index in [4.69, 9.17) is 0 Å². The van der Waals surface area contributed by atoms with Crippen LogP contribution in [0.3, 0.4) is 0 Å². The van der Waals surface area contributed by atoms with Gasteiger partial charge in [0.15, 0.2) is 5.65 Å². The first-order valence-corrected chi connectivity index (χ1v) is 8.32. The molecule has 0 aliphatic rings. The number of amides is 1. The molecule has 6 heteroatoms. The molecule has 25 heavy (non-hydrogen) atoms. The van der Waals surface area contributed by atoms with Crippen molar-refractivity contribution in [2.45, 2.75) is 32.7 Å². The van der Waals surface area contributed by atoms with Gasteiger partial charge < -0.3 is 10.4 Å². The van der Waals surface area contributed by atoms with Crippen molar-refractivity contribution in [3.05, 3.63) is 53.3 Å². The number of rotatable bonds is 5. The SMILES string of the molecule is Cc1nn(C)c2ncc(C(=O)N[C@@H](C)CCc3ccc(O)cc3)cc12. The third-order valence-electron chi connectivity index (χ3n) is 4.31. The first-order valence-electron chi connectivity index (χ1n) is 8.32. The zero-order valence-corrected chi connectivity index (χ0v) is 14.7. The van der Waals surface area contributed by atoms with Crippen LogP contribution in [0.15, 0.2) is 36.5 Å². The van der Waals surface area contributed by atoms with Crippen molar-refractivity contribution in [1.29, 1.82) is 0 Å². The third-order valence-corrected chi connectivity index (χ3v) is 4.31.